The molecule has 1 heterocycles. The van der Waals surface area contributed by atoms with Gasteiger partial charge < -0.3 is 10.3 Å². The maximum absolute atomic E-state index is 13.8. The first-order valence-corrected chi connectivity index (χ1v) is 7.89. The zero-order valence-corrected chi connectivity index (χ0v) is 13.5. The van der Waals surface area contributed by atoms with Crippen LogP contribution in [-0.2, 0) is 6.54 Å². The third kappa shape index (κ3) is 2.60. The van der Waals surface area contributed by atoms with Crippen LogP contribution in [0.4, 0.5) is 13.2 Å². The van der Waals surface area contributed by atoms with E-state index < -0.39 is 23.4 Å². The lowest BCUT2D eigenvalue weighted by Crippen LogP contribution is -2.11. The third-order valence-electron chi connectivity index (χ3n) is 4.38. The van der Waals surface area contributed by atoms with Crippen molar-refractivity contribution in [2.45, 2.75) is 6.54 Å². The molecular weight excluding hydrogens is 341 g/mol. The average Bonchev–Trinajstić information content (AvgIpc) is 2.87. The molecule has 0 saturated carbocycles. The van der Waals surface area contributed by atoms with E-state index in [0.29, 0.717) is 32.9 Å². The van der Waals surface area contributed by atoms with Crippen molar-refractivity contribution in [1.29, 1.82) is 0 Å². The van der Waals surface area contributed by atoms with E-state index in [1.54, 1.807) is 28.8 Å². The molecule has 0 unspecified atom stereocenters. The summed E-state index contributed by atoms with van der Waals surface area (Å²) in [5, 5.41) is 1.24. The van der Waals surface area contributed by atoms with Crippen molar-refractivity contribution in [2.24, 2.45) is 5.73 Å². The predicted octanol–water partition coefficient (Wildman–Crippen LogP) is 4.36. The zero-order chi connectivity index (χ0) is 18.4. The summed E-state index contributed by atoms with van der Waals surface area (Å²) in [5.41, 5.74) is 7.32. The van der Waals surface area contributed by atoms with Crippen molar-refractivity contribution >= 4 is 27.7 Å². The Morgan fingerprint density at radius 3 is 2.31 bits per heavy atom. The predicted molar refractivity (Wildman–Crippen MR) is 93.4 cm³/mol. The van der Waals surface area contributed by atoms with E-state index in [1.165, 1.54) is 24.3 Å². The Hall–Kier alpha value is -3.28. The second-order valence-electron chi connectivity index (χ2n) is 6.09. The molecule has 4 aromatic rings. The van der Waals surface area contributed by atoms with Gasteiger partial charge in [-0.2, -0.15) is 0 Å². The summed E-state index contributed by atoms with van der Waals surface area (Å²) in [5.74, 6) is -2.43. The van der Waals surface area contributed by atoms with Crippen LogP contribution in [0.25, 0.3) is 21.8 Å². The van der Waals surface area contributed by atoms with Gasteiger partial charge in [-0.3, -0.25) is 4.79 Å². The molecule has 0 bridgehead atoms. The molecule has 0 aliphatic heterocycles. The van der Waals surface area contributed by atoms with Gasteiger partial charge in [0.15, 0.2) is 0 Å². The first kappa shape index (κ1) is 16.2. The molecule has 0 aliphatic rings. The van der Waals surface area contributed by atoms with Gasteiger partial charge in [0.1, 0.15) is 17.5 Å². The summed E-state index contributed by atoms with van der Waals surface area (Å²) >= 11 is 0. The van der Waals surface area contributed by atoms with Crippen molar-refractivity contribution in [3.8, 4) is 0 Å². The highest BCUT2D eigenvalue weighted by molar-refractivity contribution is 6.17. The molecule has 0 atom stereocenters. The van der Waals surface area contributed by atoms with Crippen LogP contribution in [0.15, 0.2) is 54.6 Å². The van der Waals surface area contributed by atoms with Crippen molar-refractivity contribution in [1.82, 2.24) is 4.57 Å². The quantitative estimate of drug-likeness (QED) is 0.584. The van der Waals surface area contributed by atoms with Crippen LogP contribution in [0.5, 0.6) is 0 Å². The lowest BCUT2D eigenvalue weighted by atomic mass is 10.1. The van der Waals surface area contributed by atoms with Crippen LogP contribution in [-0.4, -0.2) is 10.5 Å². The fourth-order valence-corrected chi connectivity index (χ4v) is 3.38. The molecule has 1 amide bonds. The Kier molecular flexibility index (Phi) is 3.68. The minimum absolute atomic E-state index is 0.111. The Morgan fingerprint density at radius 2 is 1.62 bits per heavy atom. The van der Waals surface area contributed by atoms with E-state index in [-0.39, 0.29) is 6.54 Å². The van der Waals surface area contributed by atoms with E-state index in [9.17, 15) is 18.0 Å². The number of nitrogens with zero attached hydrogens (tertiary/aromatic N) is 1. The number of hydrogen-bond acceptors (Lipinski definition) is 1. The molecule has 4 rings (SSSR count). The van der Waals surface area contributed by atoms with E-state index in [0.717, 1.165) is 6.07 Å². The molecule has 26 heavy (non-hydrogen) atoms. The molecule has 3 aromatic carbocycles. The van der Waals surface area contributed by atoms with E-state index >= 15 is 0 Å². The molecule has 1 aromatic heterocycles. The Balaban J connectivity index is 2.04. The van der Waals surface area contributed by atoms with Gasteiger partial charge >= 0.3 is 0 Å². The third-order valence-corrected chi connectivity index (χ3v) is 4.38. The summed E-state index contributed by atoms with van der Waals surface area (Å²) in [6, 6.07) is 12.5. The first-order valence-electron chi connectivity index (χ1n) is 7.89. The second-order valence-corrected chi connectivity index (χ2v) is 6.09. The van der Waals surface area contributed by atoms with Crippen molar-refractivity contribution in [2.75, 3.05) is 0 Å². The molecular formula is C20H13F3N2O. The van der Waals surface area contributed by atoms with Crippen LogP contribution in [0.2, 0.25) is 0 Å². The summed E-state index contributed by atoms with van der Waals surface area (Å²) in [4.78, 5) is 11.8. The molecule has 2 N–H and O–H groups in total. The summed E-state index contributed by atoms with van der Waals surface area (Å²) in [6.45, 7) is 0.111. The molecule has 0 fully saturated rings. The van der Waals surface area contributed by atoms with Crippen molar-refractivity contribution in [3.05, 3.63) is 83.2 Å². The zero-order valence-electron chi connectivity index (χ0n) is 13.5. The molecule has 6 heteroatoms. The first-order chi connectivity index (χ1) is 12.4. The largest absolute Gasteiger partial charge is 0.366 e. The number of rotatable bonds is 3. The summed E-state index contributed by atoms with van der Waals surface area (Å²) < 4.78 is 42.7. The van der Waals surface area contributed by atoms with Crippen LogP contribution in [0, 0.1) is 17.5 Å². The Bertz CT molecular complexity index is 1160. The normalized spacial score (nSPS) is 11.3. The van der Waals surface area contributed by atoms with Crippen LogP contribution < -0.4 is 5.73 Å². The Morgan fingerprint density at radius 1 is 0.885 bits per heavy atom. The highest BCUT2D eigenvalue weighted by Crippen LogP contribution is 2.32. The number of carbonyl (C=O) groups is 1. The average molecular weight is 354 g/mol. The topological polar surface area (TPSA) is 48.0 Å². The van der Waals surface area contributed by atoms with Gasteiger partial charge in [-0.15, -0.1) is 0 Å². The number of nitrogens with two attached hydrogens (primary N) is 1. The lowest BCUT2D eigenvalue weighted by molar-refractivity contribution is 0.100. The number of halogens is 3. The van der Waals surface area contributed by atoms with Gasteiger partial charge in [-0.05, 0) is 48.0 Å². The minimum Gasteiger partial charge on any atom is -0.366 e. The lowest BCUT2D eigenvalue weighted by Gasteiger charge is -2.09. The number of benzene rings is 3. The van der Waals surface area contributed by atoms with E-state index in [4.69, 9.17) is 5.73 Å². The van der Waals surface area contributed by atoms with Crippen LogP contribution >= 0.6 is 0 Å². The van der Waals surface area contributed by atoms with Gasteiger partial charge in [0.25, 0.3) is 0 Å². The summed E-state index contributed by atoms with van der Waals surface area (Å²) in [6.07, 6.45) is 0. The van der Waals surface area contributed by atoms with Gasteiger partial charge in [-0.25, -0.2) is 13.2 Å². The number of fused-ring (bicyclic) bond motifs is 3. The monoisotopic (exact) mass is 354 g/mol. The highest BCUT2D eigenvalue weighted by atomic mass is 19.1. The van der Waals surface area contributed by atoms with Crippen LogP contribution in [0.1, 0.15) is 15.9 Å². The van der Waals surface area contributed by atoms with E-state index in [1.807, 2.05) is 0 Å². The van der Waals surface area contributed by atoms with Crippen molar-refractivity contribution < 1.29 is 18.0 Å². The number of aromatic nitrogens is 1. The SMILES string of the molecule is NC(=O)c1cccc2c1c1ccc(F)cc1n2Cc1cc(F)cc(F)c1. The van der Waals surface area contributed by atoms with Crippen LogP contribution in [0.3, 0.4) is 0 Å². The van der Waals surface area contributed by atoms with Gasteiger partial charge in [0, 0.05) is 28.9 Å². The molecule has 3 nitrogen and oxygen atoms in total. The number of hydrogen-bond donors (Lipinski definition) is 1. The van der Waals surface area contributed by atoms with Gasteiger partial charge in [0.2, 0.25) is 5.91 Å². The maximum atomic E-state index is 13.8. The number of carbonyl (C=O) groups excluding carboxylic acids is 1. The van der Waals surface area contributed by atoms with Crippen molar-refractivity contribution in [3.63, 3.8) is 0 Å². The summed E-state index contributed by atoms with van der Waals surface area (Å²) in [7, 11) is 0. The molecule has 0 radical (unpaired) electrons. The van der Waals surface area contributed by atoms with Gasteiger partial charge in [0.05, 0.1) is 11.0 Å². The molecule has 0 spiro atoms. The standard InChI is InChI=1S/C20H13F3N2O/c21-12-4-5-15-18(9-12)25(10-11-6-13(22)8-14(23)7-11)17-3-1-2-16(19(15)17)20(24)26/h1-9H,10H2,(H2,24,26). The van der Waals surface area contributed by atoms with Gasteiger partial charge in [-0.1, -0.05) is 6.07 Å². The molecule has 0 saturated heterocycles. The number of amides is 1. The maximum Gasteiger partial charge on any atom is 0.249 e. The smallest absolute Gasteiger partial charge is 0.249 e. The molecule has 0 aliphatic carbocycles. The fraction of sp³-hybridized carbons (Fsp3) is 0.0500. The minimum atomic E-state index is -0.690. The molecule has 130 valence electrons. The second kappa shape index (κ2) is 5.91. The highest BCUT2D eigenvalue weighted by Gasteiger charge is 2.17. The number of primary amides is 1. The fourth-order valence-electron chi connectivity index (χ4n) is 3.38. The van der Waals surface area contributed by atoms with E-state index in [2.05, 4.69) is 0 Å². The Labute approximate surface area is 146 Å².